The fourth-order valence-electron chi connectivity index (χ4n) is 2.36. The highest BCUT2D eigenvalue weighted by Gasteiger charge is 2.15. The summed E-state index contributed by atoms with van der Waals surface area (Å²) in [5.41, 5.74) is 7.61. The van der Waals surface area contributed by atoms with Crippen molar-refractivity contribution >= 4 is 0 Å². The first-order valence-corrected chi connectivity index (χ1v) is 6.84. The number of rotatable bonds is 5. The summed E-state index contributed by atoms with van der Waals surface area (Å²) >= 11 is 0. The van der Waals surface area contributed by atoms with Crippen LogP contribution in [-0.2, 0) is 18.0 Å². The third kappa shape index (κ3) is 4.51. The van der Waals surface area contributed by atoms with Crippen LogP contribution in [0.5, 0.6) is 0 Å². The van der Waals surface area contributed by atoms with E-state index in [0.717, 1.165) is 44.8 Å². The van der Waals surface area contributed by atoms with Gasteiger partial charge < -0.3 is 5.73 Å². The van der Waals surface area contributed by atoms with Gasteiger partial charge in [0.2, 0.25) is 0 Å². The van der Waals surface area contributed by atoms with Crippen LogP contribution in [0.25, 0.3) is 0 Å². The van der Waals surface area contributed by atoms with Crippen molar-refractivity contribution in [1.82, 2.24) is 9.80 Å². The molecule has 0 radical (unpaired) electrons. The minimum Gasteiger partial charge on any atom is -0.359 e. The van der Waals surface area contributed by atoms with Crippen LogP contribution in [0.15, 0.2) is 24.3 Å². The van der Waals surface area contributed by atoms with Crippen LogP contribution in [0.1, 0.15) is 11.1 Å². The summed E-state index contributed by atoms with van der Waals surface area (Å²) in [5, 5.41) is 0. The van der Waals surface area contributed by atoms with Crippen molar-refractivity contribution in [3.05, 3.63) is 35.4 Å². The van der Waals surface area contributed by atoms with Crippen LogP contribution < -0.4 is 11.6 Å². The van der Waals surface area contributed by atoms with Gasteiger partial charge in [0, 0.05) is 38.8 Å². The van der Waals surface area contributed by atoms with Crippen molar-refractivity contribution < 1.29 is 4.84 Å². The highest BCUT2D eigenvalue weighted by Crippen LogP contribution is 2.10. The number of nitrogens with zero attached hydrogens (tertiary/aromatic N) is 2. The molecule has 5 nitrogen and oxygen atoms in total. The van der Waals surface area contributed by atoms with Crippen molar-refractivity contribution in [2.24, 2.45) is 11.6 Å². The molecule has 1 aliphatic rings. The van der Waals surface area contributed by atoms with Crippen molar-refractivity contribution in [3.63, 3.8) is 0 Å². The number of piperazine rings is 1. The molecule has 0 saturated carbocycles. The van der Waals surface area contributed by atoms with Crippen LogP contribution in [0, 0.1) is 12.0 Å². The second-order valence-corrected chi connectivity index (χ2v) is 5.00. The fourth-order valence-corrected chi connectivity index (χ4v) is 2.36. The van der Waals surface area contributed by atoms with Gasteiger partial charge in [-0.15, -0.1) is 0 Å². The van der Waals surface area contributed by atoms with Crippen molar-refractivity contribution in [2.45, 2.75) is 13.2 Å². The topological polar surface area (TPSA) is 67.8 Å². The van der Waals surface area contributed by atoms with Crippen LogP contribution in [0.3, 0.4) is 0 Å². The Hall–Kier alpha value is -1.58. The average molecular weight is 274 g/mol. The van der Waals surface area contributed by atoms with E-state index in [1.54, 1.807) is 0 Å². The molecule has 0 amide bonds. The standard InChI is InChI=1S/C15H22N4O/c16-6-1-7-18-8-10-19(11-9-18)12-14-2-4-15(5-3-14)13-20-17/h2-5H,7-13,16-17H2. The second-order valence-electron chi connectivity index (χ2n) is 5.00. The quantitative estimate of drug-likeness (QED) is 0.453. The maximum atomic E-state index is 5.19. The van der Waals surface area contributed by atoms with E-state index in [1.807, 2.05) is 0 Å². The first kappa shape index (κ1) is 14.8. The Balaban J connectivity index is 1.78. The van der Waals surface area contributed by atoms with Gasteiger partial charge >= 0.3 is 0 Å². The third-order valence-electron chi connectivity index (χ3n) is 3.55. The Labute approximate surface area is 120 Å². The Bertz CT molecular complexity index is 455. The Morgan fingerprint density at radius 2 is 1.60 bits per heavy atom. The zero-order valence-electron chi connectivity index (χ0n) is 11.7. The molecule has 20 heavy (non-hydrogen) atoms. The molecule has 0 aliphatic carbocycles. The van der Waals surface area contributed by atoms with Crippen molar-refractivity contribution in [3.8, 4) is 12.0 Å². The molecule has 5 heteroatoms. The minimum atomic E-state index is 0.459. The Morgan fingerprint density at radius 3 is 2.20 bits per heavy atom. The number of hydrogen-bond donors (Lipinski definition) is 2. The lowest BCUT2D eigenvalue weighted by Crippen LogP contribution is -2.45. The zero-order chi connectivity index (χ0) is 14.2. The Morgan fingerprint density at radius 1 is 1.00 bits per heavy atom. The normalized spacial score (nSPS) is 16.6. The summed E-state index contributed by atoms with van der Waals surface area (Å²) in [6.07, 6.45) is 0. The predicted molar refractivity (Wildman–Crippen MR) is 79.1 cm³/mol. The molecule has 0 bridgehead atoms. The molecule has 0 aromatic heterocycles. The highest BCUT2D eigenvalue weighted by molar-refractivity contribution is 5.22. The highest BCUT2D eigenvalue weighted by atomic mass is 16.6. The molecule has 1 fully saturated rings. The molecule has 108 valence electrons. The number of hydrogen-bond acceptors (Lipinski definition) is 5. The molecule has 1 saturated heterocycles. The smallest absolute Gasteiger partial charge is 0.0930 e. The summed E-state index contributed by atoms with van der Waals surface area (Å²) in [4.78, 5) is 9.42. The molecule has 0 atom stereocenters. The van der Waals surface area contributed by atoms with Gasteiger partial charge in [-0.1, -0.05) is 30.2 Å². The van der Waals surface area contributed by atoms with Crippen molar-refractivity contribution in [2.75, 3.05) is 32.7 Å². The van der Waals surface area contributed by atoms with Gasteiger partial charge in [-0.05, 0) is 11.1 Å². The zero-order valence-corrected chi connectivity index (χ0v) is 11.7. The second kappa shape index (κ2) is 7.88. The number of nitrogens with two attached hydrogens (primary N) is 2. The summed E-state index contributed by atoms with van der Waals surface area (Å²) in [7, 11) is 0. The SMILES string of the molecule is NC#CCN1CCN(Cc2ccc(CON)cc2)CC1. The van der Waals surface area contributed by atoms with Crippen molar-refractivity contribution in [1.29, 1.82) is 0 Å². The van der Waals surface area contributed by atoms with Gasteiger partial charge in [0.15, 0.2) is 0 Å². The first-order chi connectivity index (χ1) is 9.81. The van der Waals surface area contributed by atoms with E-state index >= 15 is 0 Å². The summed E-state index contributed by atoms with van der Waals surface area (Å²) in [6.45, 7) is 6.46. The van der Waals surface area contributed by atoms with E-state index in [4.69, 9.17) is 11.6 Å². The van der Waals surface area contributed by atoms with E-state index in [0.29, 0.717) is 6.61 Å². The monoisotopic (exact) mass is 274 g/mol. The molecule has 0 unspecified atom stereocenters. The molecule has 1 heterocycles. The molecular formula is C15H22N4O. The number of benzene rings is 1. The van der Waals surface area contributed by atoms with Crippen LogP contribution in [0.4, 0.5) is 0 Å². The van der Waals surface area contributed by atoms with Crippen LogP contribution in [-0.4, -0.2) is 42.5 Å². The Kier molecular flexibility index (Phi) is 5.84. The predicted octanol–water partition coefficient (Wildman–Crippen LogP) is 0.114. The summed E-state index contributed by atoms with van der Waals surface area (Å²) < 4.78 is 0. The van der Waals surface area contributed by atoms with Crippen LogP contribution >= 0.6 is 0 Å². The molecule has 1 aliphatic heterocycles. The van der Waals surface area contributed by atoms with Gasteiger partial charge in [0.25, 0.3) is 0 Å². The van der Waals surface area contributed by atoms with Gasteiger partial charge in [0.05, 0.1) is 13.2 Å². The van der Waals surface area contributed by atoms with E-state index in [2.05, 4.69) is 50.9 Å². The summed E-state index contributed by atoms with van der Waals surface area (Å²) in [5.74, 6) is 7.98. The van der Waals surface area contributed by atoms with E-state index in [-0.39, 0.29) is 0 Å². The van der Waals surface area contributed by atoms with Crippen LogP contribution in [0.2, 0.25) is 0 Å². The first-order valence-electron chi connectivity index (χ1n) is 6.84. The average Bonchev–Trinajstić information content (AvgIpc) is 2.49. The maximum absolute atomic E-state index is 5.19. The van der Waals surface area contributed by atoms with Gasteiger partial charge in [-0.2, -0.15) is 0 Å². The maximum Gasteiger partial charge on any atom is 0.0930 e. The summed E-state index contributed by atoms with van der Waals surface area (Å²) in [6, 6.07) is 10.9. The minimum absolute atomic E-state index is 0.459. The molecule has 4 N–H and O–H groups in total. The van der Waals surface area contributed by atoms with Gasteiger partial charge in [-0.25, -0.2) is 5.90 Å². The molecule has 0 spiro atoms. The largest absolute Gasteiger partial charge is 0.359 e. The van der Waals surface area contributed by atoms with Gasteiger partial charge in [0.1, 0.15) is 0 Å². The molecule has 1 aromatic carbocycles. The fraction of sp³-hybridized carbons (Fsp3) is 0.467. The lowest BCUT2D eigenvalue weighted by atomic mass is 10.1. The van der Waals surface area contributed by atoms with E-state index < -0.39 is 0 Å². The lowest BCUT2D eigenvalue weighted by Gasteiger charge is -2.33. The van der Waals surface area contributed by atoms with E-state index in [9.17, 15) is 0 Å². The lowest BCUT2D eigenvalue weighted by molar-refractivity contribution is 0.124. The third-order valence-corrected chi connectivity index (χ3v) is 3.55. The molecule has 1 aromatic rings. The molecule has 2 rings (SSSR count). The van der Waals surface area contributed by atoms with E-state index in [1.165, 1.54) is 5.56 Å². The molecular weight excluding hydrogens is 252 g/mol. The van der Waals surface area contributed by atoms with Gasteiger partial charge in [-0.3, -0.25) is 14.6 Å².